The first-order valence-corrected chi connectivity index (χ1v) is 29.6. The van der Waals surface area contributed by atoms with Gasteiger partial charge in [0, 0.05) is 48.3 Å². The second kappa shape index (κ2) is 24.6. The Hall–Kier alpha value is -7.67. The van der Waals surface area contributed by atoms with Gasteiger partial charge < -0.3 is 44.0 Å². The number of carbonyl (C=O) groups is 4. The monoisotopic (exact) mass is 1170 g/mol. The van der Waals surface area contributed by atoms with E-state index in [1.54, 1.807) is 34.5 Å². The number of nitrogens with zero attached hydrogens (tertiary/aromatic N) is 5. The zero-order valence-corrected chi connectivity index (χ0v) is 47.4. The van der Waals surface area contributed by atoms with E-state index in [1.807, 2.05) is 103 Å². The predicted molar refractivity (Wildman–Crippen MR) is 308 cm³/mol. The lowest BCUT2D eigenvalue weighted by atomic mass is 9.77. The summed E-state index contributed by atoms with van der Waals surface area (Å²) in [6.45, 7) is 2.90. The number of ether oxygens (including phenoxy) is 3. The number of rotatable bonds is 19. The van der Waals surface area contributed by atoms with Gasteiger partial charge in [0.1, 0.15) is 59.2 Å². The topological polar surface area (TPSA) is 204 Å². The lowest BCUT2D eigenvalue weighted by Gasteiger charge is -2.49. The van der Waals surface area contributed by atoms with Crippen molar-refractivity contribution in [2.45, 2.75) is 34.7 Å². The van der Waals surface area contributed by atoms with Gasteiger partial charge in [-0.3, -0.25) is 19.3 Å². The molecule has 0 bridgehead atoms. The van der Waals surface area contributed by atoms with Crippen LogP contribution in [0.1, 0.15) is 45.2 Å². The number of hydrogen-bond acceptors (Lipinski definition) is 18. The summed E-state index contributed by atoms with van der Waals surface area (Å²) >= 11 is 0.793. The second-order valence-corrected chi connectivity index (χ2v) is 23.5. The van der Waals surface area contributed by atoms with Crippen LogP contribution in [0.2, 0.25) is 0 Å². The Bertz CT molecular complexity index is 3530. The molecule has 81 heavy (non-hydrogen) atoms. The Morgan fingerprint density at radius 1 is 0.877 bits per heavy atom. The minimum atomic E-state index is -2.00. The fourth-order valence-corrected chi connectivity index (χ4v) is 15.0. The molecule has 0 aliphatic carbocycles. The molecule has 5 heterocycles. The maximum Gasteiger partial charge on any atom is 0.355 e. The molecule has 2 aromatic heterocycles. The quantitative estimate of drug-likeness (QED) is 0.0150. The molecule has 3 aliphatic heterocycles. The molecule has 0 saturated carbocycles. The Morgan fingerprint density at radius 2 is 1.51 bits per heavy atom. The molecule has 2 amide bonds. The molecule has 17 nitrogen and oxygen atoms in total. The number of carbonyl (C=O) groups excluding carboxylic acids is 4. The molecule has 0 spiro atoms. The van der Waals surface area contributed by atoms with Crippen LogP contribution in [0, 0.1) is 11.6 Å². The first kappa shape index (κ1) is 56.6. The van der Waals surface area contributed by atoms with E-state index in [0.717, 1.165) is 50.8 Å². The first-order valence-electron chi connectivity index (χ1n) is 25.5. The van der Waals surface area contributed by atoms with Gasteiger partial charge in [0.15, 0.2) is 22.7 Å². The number of nitrogens with one attached hydrogen (secondary N) is 2. The Kier molecular flexibility index (Phi) is 17.2. The largest absolute Gasteiger partial charge is 0.614 e. The third-order valence-corrected chi connectivity index (χ3v) is 18.9. The number of piperazine rings is 1. The molecule has 3 aliphatic rings. The van der Waals surface area contributed by atoms with Crippen LogP contribution in [0.25, 0.3) is 10.1 Å². The summed E-state index contributed by atoms with van der Waals surface area (Å²) in [5.74, 6) is -5.68. The number of methoxy groups -OCH3 is 1. The normalized spacial score (nSPS) is 17.5. The van der Waals surface area contributed by atoms with E-state index in [4.69, 9.17) is 24.0 Å². The highest BCUT2D eigenvalue weighted by molar-refractivity contribution is 8.01. The van der Waals surface area contributed by atoms with Gasteiger partial charge >= 0.3 is 11.9 Å². The summed E-state index contributed by atoms with van der Waals surface area (Å²) in [6, 6.07) is 35.8. The fraction of sp³-hybridized carbons (Fsp3) is 0.259. The number of esters is 2. The molecule has 7 aromatic rings. The van der Waals surface area contributed by atoms with Gasteiger partial charge in [-0.25, -0.2) is 23.4 Å². The van der Waals surface area contributed by atoms with E-state index >= 15 is 8.78 Å². The smallest absolute Gasteiger partial charge is 0.355 e. The average Bonchev–Trinajstić information content (AvgIpc) is 3.21. The number of oxime groups is 1. The van der Waals surface area contributed by atoms with Crippen molar-refractivity contribution >= 4 is 96.0 Å². The van der Waals surface area contributed by atoms with Crippen molar-refractivity contribution in [3.05, 3.63) is 193 Å². The van der Waals surface area contributed by atoms with Crippen LogP contribution in [0.5, 0.6) is 5.75 Å². The summed E-state index contributed by atoms with van der Waals surface area (Å²) in [6.07, 6.45) is 0. The number of hydrogen-bond donors (Lipinski definition) is 2. The van der Waals surface area contributed by atoms with Crippen molar-refractivity contribution in [1.82, 2.24) is 20.1 Å². The number of likely N-dealkylation sites (N-methyl/N-ethyl adjacent to an activating group) is 1. The molecule has 23 heteroatoms. The van der Waals surface area contributed by atoms with Crippen LogP contribution in [-0.2, 0) is 52.0 Å². The molecular weight excluding hydrogens is 1120 g/mol. The zero-order chi connectivity index (χ0) is 57.0. The van der Waals surface area contributed by atoms with E-state index in [-0.39, 0.29) is 67.4 Å². The number of benzene rings is 5. The van der Waals surface area contributed by atoms with Crippen LogP contribution in [0.15, 0.2) is 152 Å². The van der Waals surface area contributed by atoms with Crippen LogP contribution < -0.4 is 25.7 Å². The summed E-state index contributed by atoms with van der Waals surface area (Å²) < 4.78 is 63.1. The van der Waals surface area contributed by atoms with Crippen molar-refractivity contribution in [3.63, 3.8) is 0 Å². The highest BCUT2D eigenvalue weighted by Crippen LogP contribution is 2.44. The number of β-lactam (4-membered cyclic amide) rings is 1. The number of thioether (sulfide) groups is 1. The Balaban J connectivity index is 0.955. The number of amides is 2. The summed E-state index contributed by atoms with van der Waals surface area (Å²) in [7, 11) is 4.65. The highest BCUT2D eigenvalue weighted by atomic mass is 32.2. The molecule has 10 rings (SSSR count). The lowest BCUT2D eigenvalue weighted by molar-refractivity contribution is -0.153. The maximum absolute atomic E-state index is 16.7. The van der Waals surface area contributed by atoms with E-state index in [0.29, 0.717) is 42.6 Å². The fourth-order valence-electron chi connectivity index (χ4n) is 9.96. The molecule has 2 fully saturated rings. The summed E-state index contributed by atoms with van der Waals surface area (Å²) in [4.78, 5) is 85.7. The molecule has 2 saturated heterocycles. The highest BCUT2D eigenvalue weighted by Gasteiger charge is 2.61. The Labute approximate surface area is 479 Å². The van der Waals surface area contributed by atoms with Crippen molar-refractivity contribution in [2.24, 2.45) is 5.16 Å². The number of aromatic nitrogens is 1. The average molecular weight is 1170 g/mol. The molecule has 5 aromatic carbocycles. The third-order valence-electron chi connectivity index (χ3n) is 14.0. The minimum absolute atomic E-state index is 0.0246. The second-order valence-electron chi connectivity index (χ2n) is 18.9. The molecular formula is C58H53F2N7O10S4. The van der Waals surface area contributed by atoms with Crippen LogP contribution in [-0.4, -0.2) is 126 Å². The number of halogens is 2. The third kappa shape index (κ3) is 11.2. The molecule has 418 valence electrons. The number of fused-ring (bicyclic) bond motifs is 2. The van der Waals surface area contributed by atoms with Gasteiger partial charge in [0.25, 0.3) is 11.8 Å². The van der Waals surface area contributed by atoms with Crippen LogP contribution >= 0.6 is 34.4 Å². The maximum atomic E-state index is 16.7. The van der Waals surface area contributed by atoms with Gasteiger partial charge in [0.2, 0.25) is 10.8 Å². The van der Waals surface area contributed by atoms with E-state index in [2.05, 4.69) is 15.8 Å². The first-order chi connectivity index (χ1) is 39.3. The molecule has 2 unspecified atom stereocenters. The molecule has 0 radical (unpaired) electrons. The Morgan fingerprint density at radius 3 is 2.10 bits per heavy atom. The SMILES string of the molecule is CCOC(=O)c1c(SCC2=C(C(=O)OCc3ccc(OC)cc3)N3C(=O)C(NC(=O)/C(=N\OC)c4csc(NC(c5ccccc5)(c5ccccc5)c5ccccc5)n4)[C@@H]3[S+]([O-])C2)sc2c(F)c(N3CCN(C)CC3)c(F)cc2c1=O. The van der Waals surface area contributed by atoms with Crippen LogP contribution in [0.3, 0.4) is 0 Å². The van der Waals surface area contributed by atoms with E-state index in [9.17, 15) is 28.5 Å². The number of anilines is 2. The van der Waals surface area contributed by atoms with Crippen molar-refractivity contribution in [3.8, 4) is 5.75 Å². The van der Waals surface area contributed by atoms with Gasteiger partial charge in [-0.2, -0.15) is 0 Å². The van der Waals surface area contributed by atoms with E-state index < -0.39 is 74.5 Å². The van der Waals surface area contributed by atoms with Gasteiger partial charge in [0.05, 0.1) is 22.6 Å². The summed E-state index contributed by atoms with van der Waals surface area (Å²) in [5.41, 5.74) is 0.241. The zero-order valence-electron chi connectivity index (χ0n) is 44.1. The van der Waals surface area contributed by atoms with Crippen molar-refractivity contribution in [2.75, 3.05) is 75.8 Å². The standard InChI is InChI=1S/C58H53F2N7O10S4/c1-5-76-54(71)43-49(68)40-29-41(59)48(66-27-25-65(2)26-28-66)44(60)50(40)80-56(43)78-31-35-33-81(73)53-46(52(70)67(53)47(35)55(72)77-30-34-21-23-39(74-3)24-22-34)62-51(69)45(64-75-4)42-32-79-57(61-42)63-58(36-15-9-6-10-16-36,37-17-11-7-12-18-37)38-19-13-8-14-20-38/h6-24,29,32,46,53H,5,25-28,30-31,33H2,1-4H3,(H,61,63)(H,62,69)/b64-45-/t46?,53-,81?/m0/s1. The lowest BCUT2D eigenvalue weighted by Crippen LogP contribution is -2.75. The minimum Gasteiger partial charge on any atom is -0.614 e. The molecule has 3 atom stereocenters. The van der Waals surface area contributed by atoms with E-state index in [1.165, 1.54) is 32.5 Å². The summed E-state index contributed by atoms with van der Waals surface area (Å²) in [5, 5.41) is 10.8. The van der Waals surface area contributed by atoms with Gasteiger partial charge in [-0.15, -0.1) is 34.4 Å². The van der Waals surface area contributed by atoms with Gasteiger partial charge in [-0.1, -0.05) is 108 Å². The molecule has 2 N–H and O–H groups in total. The van der Waals surface area contributed by atoms with Crippen molar-refractivity contribution in [1.29, 1.82) is 0 Å². The van der Waals surface area contributed by atoms with Crippen molar-refractivity contribution < 1.29 is 51.6 Å². The predicted octanol–water partition coefficient (Wildman–Crippen LogP) is 7.89. The van der Waals surface area contributed by atoms with Gasteiger partial charge in [-0.05, 0) is 65.6 Å². The van der Waals surface area contributed by atoms with Crippen LogP contribution in [0.4, 0.5) is 19.6 Å². The number of thiazole rings is 1.